The van der Waals surface area contributed by atoms with Crippen LogP contribution in [-0.2, 0) is 30.4 Å². The van der Waals surface area contributed by atoms with E-state index in [1.54, 1.807) is 0 Å². The molecule has 0 aromatic heterocycles. The molecule has 1 aliphatic heterocycles. The van der Waals surface area contributed by atoms with Crippen LogP contribution in [0.1, 0.15) is 22.8 Å². The number of aliphatic hydroxyl groups is 4. The zero-order valence-corrected chi connectivity index (χ0v) is 18.8. The maximum absolute atomic E-state index is 12.8. The zero-order valence-electron chi connectivity index (χ0n) is 18.8. The minimum absolute atomic E-state index is 0.00942. The zero-order chi connectivity index (χ0) is 25.3. The number of benzene rings is 1. The van der Waals surface area contributed by atoms with Gasteiger partial charge in [-0.05, 0) is 17.7 Å². The van der Waals surface area contributed by atoms with Crippen LogP contribution in [0.4, 0.5) is 0 Å². The van der Waals surface area contributed by atoms with Gasteiger partial charge >= 0.3 is 5.97 Å². The van der Waals surface area contributed by atoms with Crippen molar-refractivity contribution in [3.8, 4) is 5.75 Å². The Morgan fingerprint density at radius 1 is 1.06 bits per heavy atom. The summed E-state index contributed by atoms with van der Waals surface area (Å²) < 4.78 is 20.6. The number of hydrogen-bond donors (Lipinski definition) is 6. The summed E-state index contributed by atoms with van der Waals surface area (Å²) in [5.74, 6) is -1.52. The molecular formula is C21H30N2O11. The van der Waals surface area contributed by atoms with Crippen LogP contribution in [0.3, 0.4) is 0 Å². The largest absolute Gasteiger partial charge is 0.461 e. The van der Waals surface area contributed by atoms with E-state index in [9.17, 15) is 34.8 Å². The second kappa shape index (κ2) is 13.2. The summed E-state index contributed by atoms with van der Waals surface area (Å²) in [4.78, 5) is 35.4. The van der Waals surface area contributed by atoms with Gasteiger partial charge < -0.3 is 50.0 Å². The Labute approximate surface area is 195 Å². The molecule has 0 aliphatic carbocycles. The predicted molar refractivity (Wildman–Crippen MR) is 114 cm³/mol. The van der Waals surface area contributed by atoms with E-state index in [1.807, 2.05) is 0 Å². The third-order valence-electron chi connectivity index (χ3n) is 4.83. The molecule has 1 heterocycles. The lowest BCUT2D eigenvalue weighted by Crippen LogP contribution is -2.60. The molecule has 2 amide bonds. The van der Waals surface area contributed by atoms with Gasteiger partial charge in [0.2, 0.25) is 12.2 Å². The molecule has 0 spiro atoms. The molecule has 1 aromatic carbocycles. The maximum atomic E-state index is 12.8. The molecule has 0 bridgehead atoms. The Kier molecular flexibility index (Phi) is 10.6. The maximum Gasteiger partial charge on any atom is 0.302 e. The summed E-state index contributed by atoms with van der Waals surface area (Å²) >= 11 is 0. The highest BCUT2D eigenvalue weighted by Crippen LogP contribution is 2.27. The average molecular weight is 486 g/mol. The van der Waals surface area contributed by atoms with Crippen LogP contribution < -0.4 is 15.4 Å². The number of rotatable bonds is 11. The van der Waals surface area contributed by atoms with Crippen LogP contribution in [0.5, 0.6) is 5.75 Å². The summed E-state index contributed by atoms with van der Waals surface area (Å²) in [6.45, 7) is 0.564. The standard InChI is InChI=1S/C21H30N2O11/c1-11(25)32-9-12-3-4-14(33-21-19(29)18(28)17(27)15(8-24)34-21)13(7-12)20(30)23-6-5-22-16(26)10-31-2/h3-4,7,15,17-19,21,24,27-29H,5-6,8-10H2,1-2H3,(H,22,26)(H,23,30)/t15-,17-,18+,19-,21-/m1/s1. The Hall–Kier alpha value is -2.81. The first-order valence-electron chi connectivity index (χ1n) is 10.4. The molecule has 13 heteroatoms. The Morgan fingerprint density at radius 3 is 2.41 bits per heavy atom. The van der Waals surface area contributed by atoms with Crippen LogP contribution in [0.2, 0.25) is 0 Å². The fourth-order valence-corrected chi connectivity index (χ4v) is 3.08. The van der Waals surface area contributed by atoms with E-state index in [-0.39, 0.29) is 43.5 Å². The highest BCUT2D eigenvalue weighted by molar-refractivity contribution is 5.97. The molecule has 1 aliphatic rings. The molecule has 190 valence electrons. The summed E-state index contributed by atoms with van der Waals surface area (Å²) in [7, 11) is 1.38. The van der Waals surface area contributed by atoms with E-state index in [4.69, 9.17) is 18.9 Å². The third kappa shape index (κ3) is 7.62. The van der Waals surface area contributed by atoms with E-state index < -0.39 is 49.2 Å². The molecule has 1 aromatic rings. The van der Waals surface area contributed by atoms with E-state index in [0.29, 0.717) is 5.56 Å². The van der Waals surface area contributed by atoms with Crippen molar-refractivity contribution < 1.29 is 53.8 Å². The van der Waals surface area contributed by atoms with E-state index in [2.05, 4.69) is 10.6 Å². The van der Waals surface area contributed by atoms with Crippen LogP contribution in [0.15, 0.2) is 18.2 Å². The minimum Gasteiger partial charge on any atom is -0.461 e. The van der Waals surface area contributed by atoms with E-state index in [1.165, 1.54) is 32.2 Å². The second-order valence-electron chi connectivity index (χ2n) is 7.46. The molecule has 6 N–H and O–H groups in total. The number of amides is 2. The molecular weight excluding hydrogens is 456 g/mol. The third-order valence-corrected chi connectivity index (χ3v) is 4.83. The van der Waals surface area contributed by atoms with E-state index in [0.717, 1.165) is 0 Å². The van der Waals surface area contributed by atoms with Crippen LogP contribution in [0, 0.1) is 0 Å². The smallest absolute Gasteiger partial charge is 0.302 e. The highest BCUT2D eigenvalue weighted by atomic mass is 16.7. The predicted octanol–water partition coefficient (Wildman–Crippen LogP) is -2.58. The van der Waals surface area contributed by atoms with Gasteiger partial charge in [0.05, 0.1) is 12.2 Å². The Bertz CT molecular complexity index is 848. The molecule has 1 fully saturated rings. The van der Waals surface area contributed by atoms with Crippen molar-refractivity contribution in [3.63, 3.8) is 0 Å². The first-order chi connectivity index (χ1) is 16.2. The van der Waals surface area contributed by atoms with Crippen molar-refractivity contribution in [1.82, 2.24) is 10.6 Å². The second-order valence-corrected chi connectivity index (χ2v) is 7.46. The van der Waals surface area contributed by atoms with Gasteiger partial charge in [-0.1, -0.05) is 6.07 Å². The SMILES string of the molecule is COCC(=O)NCCNC(=O)c1cc(COC(C)=O)ccc1O[C@@H]1O[C@H](CO)[C@@H](O)[C@H](O)[C@H]1O. The number of aliphatic hydroxyl groups excluding tert-OH is 4. The number of ether oxygens (including phenoxy) is 4. The fraction of sp³-hybridized carbons (Fsp3) is 0.571. The van der Waals surface area contributed by atoms with Gasteiger partial charge in [0.1, 0.15) is 43.4 Å². The van der Waals surface area contributed by atoms with Crippen LogP contribution in [-0.4, -0.2) is 102 Å². The number of carbonyl (C=O) groups is 3. The van der Waals surface area contributed by atoms with Gasteiger partial charge in [-0.25, -0.2) is 0 Å². The number of esters is 1. The molecule has 34 heavy (non-hydrogen) atoms. The molecule has 1 saturated heterocycles. The summed E-state index contributed by atoms with van der Waals surface area (Å²) in [6.07, 6.45) is -7.60. The summed E-state index contributed by atoms with van der Waals surface area (Å²) in [5, 5.41) is 44.6. The van der Waals surface area contributed by atoms with Gasteiger partial charge in [0.15, 0.2) is 0 Å². The molecule has 0 radical (unpaired) electrons. The molecule has 0 unspecified atom stereocenters. The number of methoxy groups -OCH3 is 1. The fourth-order valence-electron chi connectivity index (χ4n) is 3.08. The number of carbonyl (C=O) groups excluding carboxylic acids is 3. The monoisotopic (exact) mass is 486 g/mol. The van der Waals surface area contributed by atoms with Gasteiger partial charge in [-0.2, -0.15) is 0 Å². The van der Waals surface area contributed by atoms with E-state index >= 15 is 0 Å². The van der Waals surface area contributed by atoms with Gasteiger partial charge in [-0.3, -0.25) is 14.4 Å². The van der Waals surface area contributed by atoms with Crippen molar-refractivity contribution >= 4 is 17.8 Å². The van der Waals surface area contributed by atoms with Crippen molar-refractivity contribution in [2.24, 2.45) is 0 Å². The Morgan fingerprint density at radius 2 is 1.76 bits per heavy atom. The lowest BCUT2D eigenvalue weighted by atomic mass is 9.99. The average Bonchev–Trinajstić information content (AvgIpc) is 2.81. The topological polar surface area (TPSA) is 193 Å². The summed E-state index contributed by atoms with van der Waals surface area (Å²) in [6, 6.07) is 4.31. The quantitative estimate of drug-likeness (QED) is 0.142. The molecule has 5 atom stereocenters. The number of hydrogen-bond acceptors (Lipinski definition) is 11. The normalized spacial score (nSPS) is 24.2. The molecule has 13 nitrogen and oxygen atoms in total. The van der Waals surface area contributed by atoms with Crippen molar-refractivity contribution in [2.75, 3.05) is 33.4 Å². The lowest BCUT2D eigenvalue weighted by molar-refractivity contribution is -0.277. The Balaban J connectivity index is 2.17. The van der Waals surface area contributed by atoms with Gasteiger partial charge in [-0.15, -0.1) is 0 Å². The van der Waals surface area contributed by atoms with Crippen LogP contribution in [0.25, 0.3) is 0 Å². The number of nitrogens with one attached hydrogen (secondary N) is 2. The van der Waals surface area contributed by atoms with Gasteiger partial charge in [0, 0.05) is 27.1 Å². The van der Waals surface area contributed by atoms with Crippen molar-refractivity contribution in [1.29, 1.82) is 0 Å². The van der Waals surface area contributed by atoms with Crippen molar-refractivity contribution in [2.45, 2.75) is 44.2 Å². The molecule has 0 saturated carbocycles. The first-order valence-corrected chi connectivity index (χ1v) is 10.4. The molecule has 2 rings (SSSR count). The highest BCUT2D eigenvalue weighted by Gasteiger charge is 2.45. The van der Waals surface area contributed by atoms with Crippen molar-refractivity contribution in [3.05, 3.63) is 29.3 Å². The minimum atomic E-state index is -1.68. The van der Waals surface area contributed by atoms with Gasteiger partial charge in [0.25, 0.3) is 5.91 Å². The lowest BCUT2D eigenvalue weighted by Gasteiger charge is -2.39. The summed E-state index contributed by atoms with van der Waals surface area (Å²) in [5.41, 5.74) is 0.458. The van der Waals surface area contributed by atoms with Crippen LogP contribution >= 0.6 is 0 Å². The first kappa shape index (κ1) is 27.4.